The molecule has 0 bridgehead atoms. The molecule has 2 rings (SSSR count). The fourth-order valence-corrected chi connectivity index (χ4v) is 4.04. The minimum absolute atomic E-state index is 0.140. The molecule has 0 aromatic carbocycles. The smallest absolute Gasteiger partial charge is 0.224 e. The fraction of sp³-hybridized carbons (Fsp3) is 0.846. The number of aliphatic hydroxyl groups is 1. The Bertz CT molecular complexity index is 352. The van der Waals surface area contributed by atoms with Crippen molar-refractivity contribution in [2.75, 3.05) is 11.5 Å². The van der Waals surface area contributed by atoms with Crippen LogP contribution in [0.25, 0.3) is 0 Å². The molecule has 1 saturated carbocycles. The van der Waals surface area contributed by atoms with Gasteiger partial charge in [0.15, 0.2) is 0 Å². The van der Waals surface area contributed by atoms with Gasteiger partial charge in [0.05, 0.1) is 18.1 Å². The van der Waals surface area contributed by atoms with Gasteiger partial charge in [0.25, 0.3) is 0 Å². The standard InChI is InChI=1S/C13H20N2O2S/c14-9-12(6-7-18-10-12)15-11(16)8-13(17)4-2-1-3-5-13/h17H,1-8,10H2,(H,15,16). The van der Waals surface area contributed by atoms with Crippen LogP contribution in [0.15, 0.2) is 0 Å². The van der Waals surface area contributed by atoms with Crippen molar-refractivity contribution in [3.8, 4) is 6.07 Å². The Morgan fingerprint density at radius 2 is 2.06 bits per heavy atom. The summed E-state index contributed by atoms with van der Waals surface area (Å²) < 4.78 is 0. The molecule has 18 heavy (non-hydrogen) atoms. The zero-order valence-electron chi connectivity index (χ0n) is 10.6. The number of hydrogen-bond donors (Lipinski definition) is 2. The third-order valence-electron chi connectivity index (χ3n) is 3.89. The van der Waals surface area contributed by atoms with E-state index in [0.717, 1.165) is 25.0 Å². The number of thioether (sulfide) groups is 1. The molecule has 1 saturated heterocycles. The van der Waals surface area contributed by atoms with Crippen molar-refractivity contribution in [3.05, 3.63) is 0 Å². The number of hydrogen-bond acceptors (Lipinski definition) is 4. The van der Waals surface area contributed by atoms with Crippen molar-refractivity contribution < 1.29 is 9.90 Å². The number of nitrogens with one attached hydrogen (secondary N) is 1. The summed E-state index contributed by atoms with van der Waals surface area (Å²) in [5.41, 5.74) is -1.54. The minimum atomic E-state index is -0.843. The van der Waals surface area contributed by atoms with E-state index in [9.17, 15) is 15.2 Å². The van der Waals surface area contributed by atoms with E-state index in [2.05, 4.69) is 11.4 Å². The molecule has 1 atom stereocenters. The van der Waals surface area contributed by atoms with Crippen LogP contribution in [0.5, 0.6) is 0 Å². The number of carbonyl (C=O) groups is 1. The lowest BCUT2D eigenvalue weighted by Crippen LogP contribution is -2.50. The van der Waals surface area contributed by atoms with Crippen LogP contribution in [0, 0.1) is 11.3 Å². The van der Waals surface area contributed by atoms with E-state index < -0.39 is 11.1 Å². The number of amides is 1. The zero-order valence-corrected chi connectivity index (χ0v) is 11.4. The Labute approximate surface area is 112 Å². The van der Waals surface area contributed by atoms with Crippen LogP contribution in [0.4, 0.5) is 0 Å². The third-order valence-corrected chi connectivity index (χ3v) is 5.08. The van der Waals surface area contributed by atoms with Gasteiger partial charge in [-0.2, -0.15) is 17.0 Å². The minimum Gasteiger partial charge on any atom is -0.389 e. The molecular formula is C13H20N2O2S. The molecule has 1 unspecified atom stereocenters. The lowest BCUT2D eigenvalue weighted by molar-refractivity contribution is -0.128. The Morgan fingerprint density at radius 3 is 2.61 bits per heavy atom. The van der Waals surface area contributed by atoms with Gasteiger partial charge in [0.1, 0.15) is 5.54 Å². The third kappa shape index (κ3) is 3.18. The van der Waals surface area contributed by atoms with Gasteiger partial charge < -0.3 is 10.4 Å². The summed E-state index contributed by atoms with van der Waals surface area (Å²) in [5.74, 6) is 1.40. The van der Waals surface area contributed by atoms with E-state index in [4.69, 9.17) is 0 Å². The zero-order chi connectivity index (χ0) is 13.1. The maximum absolute atomic E-state index is 12.0. The molecular weight excluding hydrogens is 248 g/mol. The van der Waals surface area contributed by atoms with E-state index in [-0.39, 0.29) is 12.3 Å². The van der Waals surface area contributed by atoms with Crippen LogP contribution in [-0.4, -0.2) is 33.7 Å². The summed E-state index contributed by atoms with van der Waals surface area (Å²) in [4.78, 5) is 12.0. The topological polar surface area (TPSA) is 73.1 Å². The summed E-state index contributed by atoms with van der Waals surface area (Å²) in [7, 11) is 0. The van der Waals surface area contributed by atoms with E-state index in [1.807, 2.05) is 0 Å². The molecule has 100 valence electrons. The second-order valence-electron chi connectivity index (χ2n) is 5.51. The van der Waals surface area contributed by atoms with Gasteiger partial charge in [-0.3, -0.25) is 4.79 Å². The van der Waals surface area contributed by atoms with Crippen molar-refractivity contribution in [2.24, 2.45) is 0 Å². The predicted octanol–water partition coefficient (Wildman–Crippen LogP) is 1.59. The van der Waals surface area contributed by atoms with Crippen LogP contribution in [0.3, 0.4) is 0 Å². The summed E-state index contributed by atoms with van der Waals surface area (Å²) in [6.45, 7) is 0. The lowest BCUT2D eigenvalue weighted by Gasteiger charge is -2.32. The number of nitriles is 1. The van der Waals surface area contributed by atoms with E-state index >= 15 is 0 Å². The molecule has 2 aliphatic rings. The van der Waals surface area contributed by atoms with Crippen LogP contribution in [0.1, 0.15) is 44.9 Å². The first kappa shape index (κ1) is 13.7. The normalized spacial score (nSPS) is 30.7. The maximum atomic E-state index is 12.0. The Balaban J connectivity index is 1.90. The van der Waals surface area contributed by atoms with Gasteiger partial charge in [-0.1, -0.05) is 19.3 Å². The highest BCUT2D eigenvalue weighted by Crippen LogP contribution is 2.32. The van der Waals surface area contributed by atoms with E-state index in [0.29, 0.717) is 25.0 Å². The molecule has 0 spiro atoms. The molecule has 5 heteroatoms. The largest absolute Gasteiger partial charge is 0.389 e. The second-order valence-corrected chi connectivity index (χ2v) is 6.61. The molecule has 4 nitrogen and oxygen atoms in total. The highest BCUT2D eigenvalue weighted by atomic mass is 32.2. The molecule has 1 aliphatic heterocycles. The molecule has 0 aromatic heterocycles. The van der Waals surface area contributed by atoms with Gasteiger partial charge in [0, 0.05) is 5.75 Å². The highest BCUT2D eigenvalue weighted by molar-refractivity contribution is 7.99. The molecule has 0 aromatic rings. The van der Waals surface area contributed by atoms with Gasteiger partial charge in [-0.05, 0) is 25.0 Å². The SMILES string of the molecule is N#CC1(NC(=O)CC2(O)CCCCC2)CCSC1. The van der Waals surface area contributed by atoms with Crippen molar-refractivity contribution >= 4 is 17.7 Å². The van der Waals surface area contributed by atoms with E-state index in [1.165, 1.54) is 0 Å². The number of nitrogens with zero attached hydrogens (tertiary/aromatic N) is 1. The molecule has 1 aliphatic carbocycles. The molecule has 0 radical (unpaired) electrons. The fourth-order valence-electron chi connectivity index (χ4n) is 2.78. The molecule has 1 amide bonds. The Hall–Kier alpha value is -0.730. The molecule has 2 N–H and O–H groups in total. The van der Waals surface area contributed by atoms with Crippen molar-refractivity contribution in [1.82, 2.24) is 5.32 Å². The van der Waals surface area contributed by atoms with Crippen molar-refractivity contribution in [3.63, 3.8) is 0 Å². The number of rotatable bonds is 3. The van der Waals surface area contributed by atoms with Gasteiger partial charge in [0.2, 0.25) is 5.91 Å². The van der Waals surface area contributed by atoms with E-state index in [1.54, 1.807) is 11.8 Å². The van der Waals surface area contributed by atoms with Gasteiger partial charge in [-0.25, -0.2) is 0 Å². The first-order valence-corrected chi connectivity index (χ1v) is 7.75. The first-order valence-electron chi connectivity index (χ1n) is 6.60. The average Bonchev–Trinajstić information content (AvgIpc) is 2.78. The molecule has 2 fully saturated rings. The van der Waals surface area contributed by atoms with Gasteiger partial charge >= 0.3 is 0 Å². The maximum Gasteiger partial charge on any atom is 0.224 e. The Kier molecular flexibility index (Phi) is 4.18. The van der Waals surface area contributed by atoms with Crippen molar-refractivity contribution in [1.29, 1.82) is 5.26 Å². The highest BCUT2D eigenvalue weighted by Gasteiger charge is 2.38. The summed E-state index contributed by atoms with van der Waals surface area (Å²) >= 11 is 1.69. The second kappa shape index (κ2) is 5.50. The summed E-state index contributed by atoms with van der Waals surface area (Å²) in [6.07, 6.45) is 5.37. The first-order chi connectivity index (χ1) is 8.58. The Morgan fingerprint density at radius 1 is 1.33 bits per heavy atom. The molecule has 1 heterocycles. The van der Waals surface area contributed by atoms with Gasteiger partial charge in [-0.15, -0.1) is 0 Å². The van der Waals surface area contributed by atoms with Crippen LogP contribution < -0.4 is 5.32 Å². The summed E-state index contributed by atoms with van der Waals surface area (Å²) in [6, 6.07) is 2.22. The monoisotopic (exact) mass is 268 g/mol. The predicted molar refractivity (Wildman–Crippen MR) is 71.1 cm³/mol. The quantitative estimate of drug-likeness (QED) is 0.815. The van der Waals surface area contributed by atoms with Crippen LogP contribution in [-0.2, 0) is 4.79 Å². The van der Waals surface area contributed by atoms with Crippen molar-refractivity contribution in [2.45, 2.75) is 56.1 Å². The summed E-state index contributed by atoms with van der Waals surface area (Å²) in [5, 5.41) is 22.4. The van der Waals surface area contributed by atoms with Crippen LogP contribution in [0.2, 0.25) is 0 Å². The number of carbonyl (C=O) groups excluding carboxylic acids is 1. The van der Waals surface area contributed by atoms with Crippen LogP contribution >= 0.6 is 11.8 Å². The lowest BCUT2D eigenvalue weighted by atomic mass is 9.82. The average molecular weight is 268 g/mol.